The van der Waals surface area contributed by atoms with E-state index in [9.17, 15) is 0 Å². The molecule has 0 aliphatic heterocycles. The Bertz CT molecular complexity index is 907. The number of benzene rings is 2. The van der Waals surface area contributed by atoms with Crippen LogP contribution in [0.4, 0.5) is 0 Å². The Hall–Kier alpha value is -2.29. The van der Waals surface area contributed by atoms with Crippen molar-refractivity contribution < 1.29 is 9.47 Å². The van der Waals surface area contributed by atoms with Crippen LogP contribution >= 0.6 is 23.4 Å². The van der Waals surface area contributed by atoms with Crippen molar-refractivity contribution in [3.63, 3.8) is 0 Å². The third kappa shape index (κ3) is 5.85. The number of hydrogen-bond acceptors (Lipinski definition) is 7. The minimum atomic E-state index is 0.567. The van der Waals surface area contributed by atoms with Crippen LogP contribution in [-0.2, 0) is 6.54 Å². The SMILES string of the molecule is CCOc1c(CNCCCSc2nnnn2-c2ccccc2)cc(Cl)cc1OC. The van der Waals surface area contributed by atoms with Crippen molar-refractivity contribution in [2.75, 3.05) is 26.0 Å². The molecule has 0 saturated heterocycles. The number of methoxy groups -OCH3 is 1. The van der Waals surface area contributed by atoms with Gasteiger partial charge in [0.25, 0.3) is 0 Å². The predicted octanol–water partition coefficient (Wildman–Crippen LogP) is 4.00. The van der Waals surface area contributed by atoms with E-state index in [2.05, 4.69) is 20.8 Å². The Morgan fingerprint density at radius 2 is 2.03 bits per heavy atom. The maximum Gasteiger partial charge on any atom is 0.214 e. The fourth-order valence-corrected chi connectivity index (χ4v) is 3.86. The van der Waals surface area contributed by atoms with Gasteiger partial charge in [-0.3, -0.25) is 0 Å². The zero-order chi connectivity index (χ0) is 20.5. The molecular weight excluding hydrogens is 410 g/mol. The highest BCUT2D eigenvalue weighted by atomic mass is 35.5. The smallest absolute Gasteiger partial charge is 0.214 e. The number of thioether (sulfide) groups is 1. The van der Waals surface area contributed by atoms with Crippen molar-refractivity contribution in [3.05, 3.63) is 53.1 Å². The second-order valence-electron chi connectivity index (χ2n) is 6.12. The molecular formula is C20H24ClN5O2S. The van der Waals surface area contributed by atoms with Crippen LogP contribution in [0.15, 0.2) is 47.6 Å². The van der Waals surface area contributed by atoms with Crippen molar-refractivity contribution in [2.45, 2.75) is 25.0 Å². The Morgan fingerprint density at radius 3 is 2.79 bits per heavy atom. The Balaban J connectivity index is 1.48. The topological polar surface area (TPSA) is 74.1 Å². The first kappa shape index (κ1) is 21.4. The van der Waals surface area contributed by atoms with E-state index >= 15 is 0 Å². The summed E-state index contributed by atoms with van der Waals surface area (Å²) in [5, 5.41) is 16.8. The number of aromatic nitrogens is 4. The third-order valence-corrected chi connectivity index (χ3v) is 5.32. The number of halogens is 1. The minimum Gasteiger partial charge on any atom is -0.493 e. The largest absolute Gasteiger partial charge is 0.493 e. The molecule has 0 aliphatic rings. The van der Waals surface area contributed by atoms with Gasteiger partial charge in [0.15, 0.2) is 11.5 Å². The van der Waals surface area contributed by atoms with Gasteiger partial charge in [0.1, 0.15) is 0 Å². The summed E-state index contributed by atoms with van der Waals surface area (Å²) < 4.78 is 12.9. The second kappa shape index (κ2) is 11.0. The molecule has 1 heterocycles. The van der Waals surface area contributed by atoms with Crippen LogP contribution in [-0.4, -0.2) is 46.2 Å². The molecule has 2 aromatic carbocycles. The highest BCUT2D eigenvalue weighted by Gasteiger charge is 2.12. The summed E-state index contributed by atoms with van der Waals surface area (Å²) in [4.78, 5) is 0. The molecule has 29 heavy (non-hydrogen) atoms. The van der Waals surface area contributed by atoms with Crippen molar-refractivity contribution >= 4 is 23.4 Å². The Kier molecular flexibility index (Phi) is 8.15. The van der Waals surface area contributed by atoms with E-state index in [-0.39, 0.29) is 0 Å². The fourth-order valence-electron chi connectivity index (χ4n) is 2.80. The lowest BCUT2D eigenvalue weighted by Gasteiger charge is -2.15. The summed E-state index contributed by atoms with van der Waals surface area (Å²) in [6, 6.07) is 13.6. The summed E-state index contributed by atoms with van der Waals surface area (Å²) in [6.07, 6.45) is 0.966. The van der Waals surface area contributed by atoms with Crippen LogP contribution in [0.25, 0.3) is 5.69 Å². The second-order valence-corrected chi connectivity index (χ2v) is 7.62. The summed E-state index contributed by atoms with van der Waals surface area (Å²) in [7, 11) is 1.62. The average molecular weight is 434 g/mol. The van der Waals surface area contributed by atoms with Crippen LogP contribution in [0.1, 0.15) is 18.9 Å². The molecule has 0 spiro atoms. The van der Waals surface area contributed by atoms with Crippen LogP contribution < -0.4 is 14.8 Å². The van der Waals surface area contributed by atoms with E-state index in [0.717, 1.165) is 40.9 Å². The molecule has 0 atom stereocenters. The number of rotatable bonds is 11. The zero-order valence-corrected chi connectivity index (χ0v) is 18.0. The number of tetrazole rings is 1. The Morgan fingerprint density at radius 1 is 1.21 bits per heavy atom. The monoisotopic (exact) mass is 433 g/mol. The summed E-state index contributed by atoms with van der Waals surface area (Å²) in [5.74, 6) is 2.29. The molecule has 9 heteroatoms. The van der Waals surface area contributed by atoms with E-state index in [1.54, 1.807) is 29.6 Å². The lowest BCUT2D eigenvalue weighted by molar-refractivity contribution is 0.307. The van der Waals surface area contributed by atoms with E-state index < -0.39 is 0 Å². The van der Waals surface area contributed by atoms with Gasteiger partial charge in [0.05, 0.1) is 19.4 Å². The lowest BCUT2D eigenvalue weighted by Crippen LogP contribution is -2.16. The van der Waals surface area contributed by atoms with Gasteiger partial charge in [-0.05, 0) is 48.5 Å². The molecule has 0 saturated carbocycles. The van der Waals surface area contributed by atoms with E-state index in [1.807, 2.05) is 43.3 Å². The van der Waals surface area contributed by atoms with Crippen molar-refractivity contribution in [1.29, 1.82) is 0 Å². The van der Waals surface area contributed by atoms with Crippen LogP contribution in [0.3, 0.4) is 0 Å². The van der Waals surface area contributed by atoms with Crippen molar-refractivity contribution in [3.8, 4) is 17.2 Å². The maximum absolute atomic E-state index is 6.20. The minimum absolute atomic E-state index is 0.567. The molecule has 0 fully saturated rings. The van der Waals surface area contributed by atoms with Gasteiger partial charge in [0.2, 0.25) is 5.16 Å². The number of hydrogen-bond donors (Lipinski definition) is 1. The molecule has 1 aromatic heterocycles. The molecule has 1 N–H and O–H groups in total. The molecule has 0 aliphatic carbocycles. The van der Waals surface area contributed by atoms with Gasteiger partial charge in [0, 0.05) is 29.0 Å². The number of nitrogens with zero attached hydrogens (tertiary/aromatic N) is 4. The predicted molar refractivity (Wildman–Crippen MR) is 115 cm³/mol. The van der Waals surface area contributed by atoms with Crippen LogP contribution in [0.2, 0.25) is 5.02 Å². The van der Waals surface area contributed by atoms with Gasteiger partial charge >= 0.3 is 0 Å². The molecule has 0 unspecified atom stereocenters. The molecule has 3 aromatic rings. The summed E-state index contributed by atoms with van der Waals surface area (Å²) in [6.45, 7) is 4.02. The lowest BCUT2D eigenvalue weighted by atomic mass is 10.1. The number of para-hydroxylation sites is 1. The maximum atomic E-state index is 6.20. The first-order chi connectivity index (χ1) is 14.2. The first-order valence-electron chi connectivity index (χ1n) is 9.39. The van der Waals surface area contributed by atoms with E-state index in [0.29, 0.717) is 23.9 Å². The van der Waals surface area contributed by atoms with Crippen molar-refractivity contribution in [1.82, 2.24) is 25.5 Å². The summed E-state index contributed by atoms with van der Waals surface area (Å²) in [5.41, 5.74) is 1.94. The molecule has 7 nitrogen and oxygen atoms in total. The quantitative estimate of drug-likeness (QED) is 0.362. The third-order valence-electron chi connectivity index (χ3n) is 4.09. The summed E-state index contributed by atoms with van der Waals surface area (Å²) >= 11 is 7.83. The zero-order valence-electron chi connectivity index (χ0n) is 16.5. The van der Waals surface area contributed by atoms with Gasteiger partial charge < -0.3 is 14.8 Å². The van der Waals surface area contributed by atoms with Gasteiger partial charge in [-0.25, -0.2) is 0 Å². The standard InChI is InChI=1S/C20H24ClN5O2S/c1-3-28-19-15(12-16(21)13-18(19)27-2)14-22-10-7-11-29-20-23-24-25-26(20)17-8-5-4-6-9-17/h4-6,8-9,12-13,22H,3,7,10-11,14H2,1-2H3. The normalized spacial score (nSPS) is 10.9. The van der Waals surface area contributed by atoms with Crippen LogP contribution in [0, 0.1) is 0 Å². The first-order valence-corrected chi connectivity index (χ1v) is 10.8. The van der Waals surface area contributed by atoms with E-state index in [4.69, 9.17) is 21.1 Å². The molecule has 154 valence electrons. The van der Waals surface area contributed by atoms with Gasteiger partial charge in [-0.1, -0.05) is 41.6 Å². The number of ether oxygens (including phenoxy) is 2. The van der Waals surface area contributed by atoms with Gasteiger partial charge in [-0.2, -0.15) is 4.68 Å². The van der Waals surface area contributed by atoms with E-state index in [1.165, 1.54) is 0 Å². The molecule has 0 amide bonds. The highest BCUT2D eigenvalue weighted by molar-refractivity contribution is 7.99. The van der Waals surface area contributed by atoms with Crippen molar-refractivity contribution in [2.24, 2.45) is 0 Å². The molecule has 0 radical (unpaired) electrons. The van der Waals surface area contributed by atoms with Crippen LogP contribution in [0.5, 0.6) is 11.5 Å². The fraction of sp³-hybridized carbons (Fsp3) is 0.350. The highest BCUT2D eigenvalue weighted by Crippen LogP contribution is 2.34. The molecule has 0 bridgehead atoms. The van der Waals surface area contributed by atoms with Gasteiger partial charge in [-0.15, -0.1) is 5.10 Å². The Labute approximate surface area is 179 Å². The average Bonchev–Trinajstić information content (AvgIpc) is 3.21. The number of nitrogens with one attached hydrogen (secondary N) is 1. The molecule has 3 rings (SSSR count).